The first-order valence-electron chi connectivity index (χ1n) is 4.00. The number of rotatable bonds is 0. The molecule has 0 aromatic heterocycles. The molecule has 0 amide bonds. The lowest BCUT2D eigenvalue weighted by molar-refractivity contribution is 2.47. The number of hydrogen-bond donors (Lipinski definition) is 0. The topological polar surface area (TPSA) is 0 Å². The molecule has 10 radical (unpaired) electrons. The molecular weight excluding hydrogens is 132 g/mol. The van der Waals surface area contributed by atoms with Crippen LogP contribution in [0.1, 0.15) is 0 Å². The summed E-state index contributed by atoms with van der Waals surface area (Å²) in [5.74, 6) is 4.00. The Bertz CT molecular complexity index is 107. The van der Waals surface area contributed by atoms with Gasteiger partial charge in [0.2, 0.25) is 0 Å². The van der Waals surface area contributed by atoms with E-state index in [0.717, 1.165) is 0 Å². The summed E-state index contributed by atoms with van der Waals surface area (Å²) in [6, 6.07) is 0. The summed E-state index contributed by atoms with van der Waals surface area (Å²) in [5.41, 5.74) is 0. The Labute approximate surface area is 83.1 Å². The molecule has 1 aliphatic heterocycles. The minimum atomic E-state index is 2.00. The summed E-state index contributed by atoms with van der Waals surface area (Å²) >= 11 is 0. The van der Waals surface area contributed by atoms with E-state index in [4.69, 9.17) is 0 Å². The molecule has 0 saturated carbocycles. The lowest BCUT2D eigenvalue weighted by Gasteiger charge is -1.97. The summed E-state index contributed by atoms with van der Waals surface area (Å²) in [7, 11) is 20.0. The second-order valence-electron chi connectivity index (χ2n) is 2.31. The van der Waals surface area contributed by atoms with Gasteiger partial charge in [-0.25, -0.2) is 0 Å². The molecule has 0 spiro atoms. The molecule has 40 valence electrons. The zero-order valence-electron chi connectivity index (χ0n) is 6.93. The van der Waals surface area contributed by atoms with E-state index in [-0.39, 0.29) is 0 Å². The summed E-state index contributed by atoms with van der Waals surface area (Å²) in [6.07, 6.45) is 0. The molecule has 0 aromatic carbocycles. The van der Waals surface area contributed by atoms with Crippen molar-refractivity contribution in [1.82, 2.24) is 0 Å². The van der Waals surface area contributed by atoms with Crippen molar-refractivity contribution in [3.8, 4) is 0 Å². The fourth-order valence-corrected chi connectivity index (χ4v) is 0.770. The average molecular weight is 134 g/mol. The molecular formula is C2H2B10. The van der Waals surface area contributed by atoms with Gasteiger partial charge in [0.05, 0.1) is 14.3 Å². The van der Waals surface area contributed by atoms with Crippen LogP contribution in [0.25, 0.3) is 0 Å². The first-order valence-corrected chi connectivity index (χ1v) is 4.00. The van der Waals surface area contributed by atoms with Crippen molar-refractivity contribution in [3.63, 3.8) is 0 Å². The van der Waals surface area contributed by atoms with E-state index in [1.807, 2.05) is 82.8 Å². The average Bonchev–Trinajstić information content (AvgIpc) is 2.05. The molecule has 12 heavy (non-hydrogen) atoms. The molecule has 0 fully saturated rings. The van der Waals surface area contributed by atoms with Crippen LogP contribution in [0.5, 0.6) is 0 Å². The van der Waals surface area contributed by atoms with E-state index in [9.17, 15) is 0 Å². The van der Waals surface area contributed by atoms with Crippen LogP contribution in [0.4, 0.5) is 0 Å². The Morgan fingerprint density at radius 3 is 1.17 bits per heavy atom. The van der Waals surface area contributed by atoms with Gasteiger partial charge in [-0.1, -0.05) is 0 Å². The van der Waals surface area contributed by atoms with Gasteiger partial charge in [-0.05, 0) is 0 Å². The van der Waals surface area contributed by atoms with Gasteiger partial charge in [0.15, 0.2) is 0 Å². The fraction of sp³-hybridized carbons (Fsp3) is 0. The van der Waals surface area contributed by atoms with Crippen LogP contribution in [0, 0.1) is 0 Å². The quantitative estimate of drug-likeness (QED) is 0.305. The molecule has 0 nitrogen and oxygen atoms in total. The highest BCUT2D eigenvalue weighted by Crippen LogP contribution is 1.69. The maximum Gasteiger partial charge on any atom is 0.0839 e. The van der Waals surface area contributed by atoms with Crippen LogP contribution in [-0.2, 0) is 0 Å². The first kappa shape index (κ1) is 10.5. The second kappa shape index (κ2) is 8.01. The van der Waals surface area contributed by atoms with Gasteiger partial charge in [-0.3, -0.25) is 0 Å². The highest BCUT2D eigenvalue weighted by atomic mass is 13.2. The Morgan fingerprint density at radius 1 is 0.417 bits per heavy atom. The Morgan fingerprint density at radius 2 is 0.750 bits per heavy atom. The molecule has 0 aromatic rings. The van der Waals surface area contributed by atoms with Crippen molar-refractivity contribution >= 4 is 70.8 Å². The van der Waals surface area contributed by atoms with Crippen molar-refractivity contribution in [1.29, 1.82) is 0 Å². The molecule has 0 atom stereocenters. The maximum absolute atomic E-state index is 2.00. The fourth-order valence-electron chi connectivity index (χ4n) is 0.770. The summed E-state index contributed by atoms with van der Waals surface area (Å²) in [6.45, 7) is 0. The molecule has 1 aliphatic rings. The zero-order chi connectivity index (χ0) is 8.49. The lowest BCUT2D eigenvalue weighted by Crippen LogP contribution is -2.33. The minimum Gasteiger partial charge on any atom is -0.147 e. The van der Waals surface area contributed by atoms with Crippen LogP contribution in [-0.4, -0.2) is 70.8 Å². The zero-order valence-corrected chi connectivity index (χ0v) is 6.93. The van der Waals surface area contributed by atoms with Gasteiger partial charge in [-0.15, -0.1) is 12.0 Å². The lowest BCUT2D eigenvalue weighted by atomic mass is 8.88. The van der Waals surface area contributed by atoms with Gasteiger partial charge in [0.1, 0.15) is 0 Å². The third kappa shape index (κ3) is 5.97. The van der Waals surface area contributed by atoms with Gasteiger partial charge in [-0.2, -0.15) is 0 Å². The van der Waals surface area contributed by atoms with E-state index in [2.05, 4.69) is 0 Å². The van der Waals surface area contributed by atoms with Gasteiger partial charge < -0.3 is 0 Å². The Kier molecular flexibility index (Phi) is 6.99. The van der Waals surface area contributed by atoms with Crippen molar-refractivity contribution in [2.75, 3.05) is 0 Å². The van der Waals surface area contributed by atoms with Crippen LogP contribution >= 0.6 is 0 Å². The maximum atomic E-state index is 2.00. The normalized spacial score (nSPS) is 18.7. The predicted molar refractivity (Wildman–Crippen MR) is 66.7 cm³/mol. The van der Waals surface area contributed by atoms with Crippen LogP contribution in [0.2, 0.25) is 0 Å². The van der Waals surface area contributed by atoms with Crippen LogP contribution in [0.15, 0.2) is 12.0 Å². The third-order valence-corrected chi connectivity index (χ3v) is 1.33. The molecule has 10 heteroatoms. The van der Waals surface area contributed by atoms with Gasteiger partial charge >= 0.3 is 0 Å². The molecule has 1 heterocycles. The molecule has 0 N–H and O–H groups in total. The highest BCUT2D eigenvalue weighted by Gasteiger charge is 1.98. The molecule has 0 unspecified atom stereocenters. The SMILES string of the molecule is [B]1[B][B][B][B][B]/C=C\[B][B][B][B]1. The third-order valence-electron chi connectivity index (χ3n) is 1.33. The first-order chi connectivity index (χ1) is 6.00. The van der Waals surface area contributed by atoms with E-state index < -0.39 is 0 Å². The van der Waals surface area contributed by atoms with Crippen LogP contribution in [0.3, 0.4) is 0 Å². The van der Waals surface area contributed by atoms with E-state index in [1.165, 1.54) is 0 Å². The highest BCUT2D eigenvalue weighted by molar-refractivity contribution is 7.69. The van der Waals surface area contributed by atoms with Gasteiger partial charge in [0.25, 0.3) is 0 Å². The van der Waals surface area contributed by atoms with Crippen molar-refractivity contribution in [3.05, 3.63) is 12.0 Å². The summed E-state index contributed by atoms with van der Waals surface area (Å²) in [4.78, 5) is 0. The molecule has 0 saturated heterocycles. The molecule has 0 bridgehead atoms. The Balaban J connectivity index is 2.10. The number of hydrogen-bond acceptors (Lipinski definition) is 0. The Hall–Kier alpha value is 0.389. The second-order valence-corrected chi connectivity index (χ2v) is 2.31. The smallest absolute Gasteiger partial charge is 0.0839 e. The molecule has 1 rings (SSSR count). The largest absolute Gasteiger partial charge is 0.147 e. The monoisotopic (exact) mass is 136 g/mol. The van der Waals surface area contributed by atoms with Crippen molar-refractivity contribution in [2.24, 2.45) is 0 Å². The van der Waals surface area contributed by atoms with Crippen LogP contribution < -0.4 is 0 Å². The minimum absolute atomic E-state index is 2.00. The molecule has 0 aliphatic carbocycles. The van der Waals surface area contributed by atoms with E-state index in [1.54, 1.807) is 0 Å². The summed E-state index contributed by atoms with van der Waals surface area (Å²) < 4.78 is 0. The standard InChI is InChI=1S/C2H2B10/c1-2-4-6-8-10-12-11-9-7-5-3-1/h1-2H/b2-1-. The van der Waals surface area contributed by atoms with E-state index >= 15 is 0 Å². The summed E-state index contributed by atoms with van der Waals surface area (Å²) in [5, 5.41) is 0. The van der Waals surface area contributed by atoms with E-state index in [0.29, 0.717) is 0 Å². The van der Waals surface area contributed by atoms with Crippen molar-refractivity contribution in [2.45, 2.75) is 0 Å². The van der Waals surface area contributed by atoms with Gasteiger partial charge in [0, 0.05) is 56.5 Å². The predicted octanol–water partition coefficient (Wildman–Crippen LogP) is -3.25. The van der Waals surface area contributed by atoms with Crippen molar-refractivity contribution < 1.29 is 0 Å².